The average Bonchev–Trinajstić information content (AvgIpc) is 2.45. The average molecular weight is 287 g/mol. The molecule has 0 radical (unpaired) electrons. The van der Waals surface area contributed by atoms with Crippen molar-refractivity contribution in [1.29, 1.82) is 0 Å². The third-order valence-electron chi connectivity index (χ3n) is 5.47. The summed E-state index contributed by atoms with van der Waals surface area (Å²) in [7, 11) is 2.09. The molecule has 0 saturated carbocycles. The number of hydrogen-bond donors (Lipinski definition) is 1. The Morgan fingerprint density at radius 3 is 2.24 bits per heavy atom. The van der Waals surface area contributed by atoms with E-state index in [0.29, 0.717) is 16.9 Å². The molecular formula is C20H33N. The van der Waals surface area contributed by atoms with Crippen LogP contribution >= 0.6 is 0 Å². The van der Waals surface area contributed by atoms with Gasteiger partial charge in [0.1, 0.15) is 0 Å². The molecule has 0 saturated heterocycles. The summed E-state index contributed by atoms with van der Waals surface area (Å²) >= 11 is 0. The Morgan fingerprint density at radius 1 is 1.05 bits per heavy atom. The molecule has 1 aliphatic rings. The molecule has 1 aromatic rings. The summed E-state index contributed by atoms with van der Waals surface area (Å²) in [6.07, 6.45) is 6.36. The first-order valence-electron chi connectivity index (χ1n) is 8.64. The minimum Gasteiger partial charge on any atom is -0.313 e. The number of unbranched alkanes of at least 4 members (excludes halogenated alkanes) is 1. The van der Waals surface area contributed by atoms with Crippen LogP contribution in [0.4, 0.5) is 0 Å². The topological polar surface area (TPSA) is 12.0 Å². The molecule has 0 amide bonds. The SMILES string of the molecule is CCCCC(NC)c1ccc2c(c1)C(C)(C)CCC2(C)C. The van der Waals surface area contributed by atoms with Crippen molar-refractivity contribution in [2.45, 2.75) is 83.6 Å². The Labute approximate surface area is 131 Å². The normalized spacial score (nSPS) is 20.9. The minimum atomic E-state index is 0.309. The van der Waals surface area contributed by atoms with Crippen LogP contribution in [0.2, 0.25) is 0 Å². The maximum absolute atomic E-state index is 3.51. The van der Waals surface area contributed by atoms with Gasteiger partial charge in [0.25, 0.3) is 0 Å². The van der Waals surface area contributed by atoms with Crippen LogP contribution in [-0.2, 0) is 10.8 Å². The summed E-state index contributed by atoms with van der Waals surface area (Å²) in [5.74, 6) is 0. The number of rotatable bonds is 5. The Morgan fingerprint density at radius 2 is 1.67 bits per heavy atom. The Bertz CT molecular complexity index is 485. The number of fused-ring (bicyclic) bond motifs is 1. The van der Waals surface area contributed by atoms with Crippen LogP contribution in [0.1, 0.15) is 89.5 Å². The Kier molecular flexibility index (Phi) is 4.82. The lowest BCUT2D eigenvalue weighted by Gasteiger charge is -2.42. The highest BCUT2D eigenvalue weighted by Gasteiger charge is 2.37. The van der Waals surface area contributed by atoms with Gasteiger partial charge in [-0.15, -0.1) is 0 Å². The fourth-order valence-electron chi connectivity index (χ4n) is 3.71. The van der Waals surface area contributed by atoms with Crippen molar-refractivity contribution >= 4 is 0 Å². The number of hydrogen-bond acceptors (Lipinski definition) is 1. The van der Waals surface area contributed by atoms with Gasteiger partial charge in [0.05, 0.1) is 0 Å². The van der Waals surface area contributed by atoms with Crippen molar-refractivity contribution in [3.63, 3.8) is 0 Å². The van der Waals surface area contributed by atoms with E-state index in [4.69, 9.17) is 0 Å². The van der Waals surface area contributed by atoms with Crippen molar-refractivity contribution in [3.8, 4) is 0 Å². The molecule has 0 heterocycles. The maximum Gasteiger partial charge on any atom is 0.0317 e. The fraction of sp³-hybridized carbons (Fsp3) is 0.700. The van der Waals surface area contributed by atoms with Gasteiger partial charge in [-0.05, 0) is 53.8 Å². The van der Waals surface area contributed by atoms with Crippen molar-refractivity contribution in [2.24, 2.45) is 0 Å². The van der Waals surface area contributed by atoms with Gasteiger partial charge in [0.2, 0.25) is 0 Å². The molecule has 1 N–H and O–H groups in total. The van der Waals surface area contributed by atoms with Crippen molar-refractivity contribution in [3.05, 3.63) is 34.9 Å². The maximum atomic E-state index is 3.51. The van der Waals surface area contributed by atoms with E-state index in [9.17, 15) is 0 Å². The molecule has 0 aliphatic heterocycles. The molecule has 118 valence electrons. The van der Waals surface area contributed by atoms with Crippen molar-refractivity contribution in [2.75, 3.05) is 7.05 Å². The highest BCUT2D eigenvalue weighted by atomic mass is 14.9. The molecule has 0 bridgehead atoms. The molecule has 1 nitrogen and oxygen atoms in total. The first-order chi connectivity index (χ1) is 9.81. The molecule has 2 rings (SSSR count). The molecule has 1 aromatic carbocycles. The third-order valence-corrected chi connectivity index (χ3v) is 5.47. The monoisotopic (exact) mass is 287 g/mol. The van der Waals surface area contributed by atoms with Gasteiger partial charge < -0.3 is 5.32 Å². The zero-order chi connectivity index (χ0) is 15.7. The number of benzene rings is 1. The third kappa shape index (κ3) is 3.34. The summed E-state index contributed by atoms with van der Waals surface area (Å²) in [6.45, 7) is 11.9. The van der Waals surface area contributed by atoms with Gasteiger partial charge in [-0.2, -0.15) is 0 Å². The summed E-state index contributed by atoms with van der Waals surface area (Å²) in [5, 5.41) is 3.51. The standard InChI is InChI=1S/C20H33N/c1-7-8-9-18(21-6)15-10-11-16-17(14-15)20(4,5)13-12-19(16,2)3/h10-11,14,18,21H,7-9,12-13H2,1-6H3. The minimum absolute atomic E-state index is 0.309. The van der Waals surface area contributed by atoms with E-state index in [0.717, 1.165) is 0 Å². The first-order valence-corrected chi connectivity index (χ1v) is 8.64. The zero-order valence-corrected chi connectivity index (χ0v) is 14.8. The smallest absolute Gasteiger partial charge is 0.0317 e. The molecule has 1 unspecified atom stereocenters. The van der Waals surface area contributed by atoms with Gasteiger partial charge in [-0.3, -0.25) is 0 Å². The van der Waals surface area contributed by atoms with Gasteiger partial charge in [-0.25, -0.2) is 0 Å². The van der Waals surface area contributed by atoms with E-state index in [2.05, 4.69) is 65.2 Å². The summed E-state index contributed by atoms with van der Waals surface area (Å²) in [4.78, 5) is 0. The van der Waals surface area contributed by atoms with Crippen LogP contribution in [0.3, 0.4) is 0 Å². The number of nitrogens with one attached hydrogen (secondary N) is 1. The van der Waals surface area contributed by atoms with Crippen LogP contribution in [0.25, 0.3) is 0 Å². The first kappa shape index (κ1) is 16.5. The van der Waals surface area contributed by atoms with E-state index in [1.54, 1.807) is 11.1 Å². The fourth-order valence-corrected chi connectivity index (χ4v) is 3.71. The van der Waals surface area contributed by atoms with E-state index in [-0.39, 0.29) is 0 Å². The summed E-state index contributed by atoms with van der Waals surface area (Å²) < 4.78 is 0. The summed E-state index contributed by atoms with van der Waals surface area (Å²) in [5.41, 5.74) is 5.24. The largest absolute Gasteiger partial charge is 0.313 e. The second kappa shape index (κ2) is 6.12. The summed E-state index contributed by atoms with van der Waals surface area (Å²) in [6, 6.07) is 7.75. The van der Waals surface area contributed by atoms with Gasteiger partial charge in [-0.1, -0.05) is 65.7 Å². The molecule has 1 atom stereocenters. The van der Waals surface area contributed by atoms with Crippen LogP contribution in [-0.4, -0.2) is 7.05 Å². The van der Waals surface area contributed by atoms with E-state index in [1.807, 2.05) is 0 Å². The van der Waals surface area contributed by atoms with Crippen LogP contribution in [0, 0.1) is 0 Å². The van der Waals surface area contributed by atoms with E-state index in [1.165, 1.54) is 37.7 Å². The second-order valence-corrected chi connectivity index (χ2v) is 8.06. The van der Waals surface area contributed by atoms with E-state index < -0.39 is 0 Å². The zero-order valence-electron chi connectivity index (χ0n) is 14.8. The van der Waals surface area contributed by atoms with Gasteiger partial charge in [0.15, 0.2) is 0 Å². The lowest BCUT2D eigenvalue weighted by molar-refractivity contribution is 0.331. The molecule has 21 heavy (non-hydrogen) atoms. The van der Waals surface area contributed by atoms with Gasteiger partial charge >= 0.3 is 0 Å². The van der Waals surface area contributed by atoms with Gasteiger partial charge in [0, 0.05) is 6.04 Å². The van der Waals surface area contributed by atoms with E-state index >= 15 is 0 Å². The second-order valence-electron chi connectivity index (χ2n) is 8.06. The lowest BCUT2D eigenvalue weighted by atomic mass is 9.63. The molecule has 0 spiro atoms. The highest BCUT2D eigenvalue weighted by Crippen LogP contribution is 2.46. The predicted molar refractivity (Wildman–Crippen MR) is 93.1 cm³/mol. The highest BCUT2D eigenvalue weighted by molar-refractivity contribution is 5.44. The molecular weight excluding hydrogens is 254 g/mol. The Balaban J connectivity index is 2.40. The van der Waals surface area contributed by atoms with Crippen molar-refractivity contribution in [1.82, 2.24) is 5.32 Å². The van der Waals surface area contributed by atoms with Crippen LogP contribution < -0.4 is 5.32 Å². The predicted octanol–water partition coefficient (Wildman–Crippen LogP) is 5.49. The lowest BCUT2D eigenvalue weighted by Crippen LogP contribution is -2.34. The molecule has 0 fully saturated rings. The Hall–Kier alpha value is -0.820. The molecule has 0 aromatic heterocycles. The van der Waals surface area contributed by atoms with Crippen LogP contribution in [0.15, 0.2) is 18.2 Å². The van der Waals surface area contributed by atoms with Crippen LogP contribution in [0.5, 0.6) is 0 Å². The quantitative estimate of drug-likeness (QED) is 0.755. The molecule has 1 heteroatoms. The van der Waals surface area contributed by atoms with Crippen molar-refractivity contribution < 1.29 is 0 Å². The molecule has 1 aliphatic carbocycles.